The number of thioether (sulfide) groups is 2. The molecule has 0 unspecified atom stereocenters. The number of hydrogen-bond acceptors (Lipinski definition) is 8. The standard InChI is InChI=1S/C21H18ClN3O3S2/c1-13-18(14(2)26)29-21(24(13)16-9-5-4-6-10-16)25(17-11-7-8-15(22)12-17)23-19(30-21)20(27)28-3/h4-12H,1-3H3/t21-/m0/s1. The molecule has 2 aliphatic heterocycles. The first-order valence-corrected chi connectivity index (χ1v) is 11.1. The predicted octanol–water partition coefficient (Wildman–Crippen LogP) is 5.06. The predicted molar refractivity (Wildman–Crippen MR) is 124 cm³/mol. The van der Waals surface area contributed by atoms with Gasteiger partial charge in [-0.1, -0.05) is 47.6 Å². The average Bonchev–Trinajstić information content (AvgIpc) is 3.26. The van der Waals surface area contributed by atoms with Crippen LogP contribution in [0, 0.1) is 0 Å². The van der Waals surface area contributed by atoms with Crippen LogP contribution in [-0.4, -0.2) is 28.2 Å². The summed E-state index contributed by atoms with van der Waals surface area (Å²) in [5, 5.41) is 7.06. The second-order valence-electron chi connectivity index (χ2n) is 6.58. The zero-order chi connectivity index (χ0) is 21.5. The molecule has 0 bridgehead atoms. The number of carbonyl (C=O) groups excluding carboxylic acids is 2. The molecule has 2 aromatic carbocycles. The Hall–Kier alpha value is -2.42. The van der Waals surface area contributed by atoms with Crippen LogP contribution in [0.2, 0.25) is 5.02 Å². The van der Waals surface area contributed by atoms with Crippen LogP contribution in [0.4, 0.5) is 11.4 Å². The fraction of sp³-hybridized carbons (Fsp3) is 0.190. The van der Waals surface area contributed by atoms with Gasteiger partial charge in [-0.15, -0.1) is 0 Å². The van der Waals surface area contributed by atoms with Crippen LogP contribution in [0.3, 0.4) is 0 Å². The first-order valence-electron chi connectivity index (χ1n) is 9.05. The Bertz CT molecular complexity index is 1090. The number of rotatable bonds is 4. The summed E-state index contributed by atoms with van der Waals surface area (Å²) in [6.45, 7) is 3.44. The van der Waals surface area contributed by atoms with Crippen LogP contribution < -0.4 is 9.91 Å². The van der Waals surface area contributed by atoms with Gasteiger partial charge in [0.1, 0.15) is 0 Å². The molecule has 0 fully saturated rings. The van der Waals surface area contributed by atoms with Crippen LogP contribution >= 0.6 is 35.1 Å². The van der Waals surface area contributed by atoms with Crippen molar-refractivity contribution in [1.82, 2.24) is 0 Å². The number of carbonyl (C=O) groups is 2. The van der Waals surface area contributed by atoms with Gasteiger partial charge >= 0.3 is 5.97 Å². The highest BCUT2D eigenvalue weighted by Gasteiger charge is 2.57. The highest BCUT2D eigenvalue weighted by Crippen LogP contribution is 2.60. The van der Waals surface area contributed by atoms with Gasteiger partial charge in [0.2, 0.25) is 9.37 Å². The zero-order valence-electron chi connectivity index (χ0n) is 16.5. The van der Waals surface area contributed by atoms with E-state index in [9.17, 15) is 9.59 Å². The number of ketones is 1. The number of allylic oxidation sites excluding steroid dienone is 2. The summed E-state index contributed by atoms with van der Waals surface area (Å²) in [5.41, 5.74) is 2.36. The second-order valence-corrected chi connectivity index (χ2v) is 9.62. The summed E-state index contributed by atoms with van der Waals surface area (Å²) >= 11 is 8.85. The van der Waals surface area contributed by atoms with Gasteiger partial charge in [0.25, 0.3) is 0 Å². The second kappa shape index (κ2) is 8.02. The van der Waals surface area contributed by atoms with E-state index in [1.165, 1.54) is 30.6 Å². The molecule has 2 heterocycles. The number of halogens is 1. The third kappa shape index (κ3) is 3.38. The molecule has 0 radical (unpaired) electrons. The number of ether oxygens (including phenoxy) is 1. The summed E-state index contributed by atoms with van der Waals surface area (Å²) in [4.78, 5) is 27.5. The number of para-hydroxylation sites is 1. The minimum absolute atomic E-state index is 0.0477. The molecular weight excluding hydrogens is 442 g/mol. The van der Waals surface area contributed by atoms with E-state index in [-0.39, 0.29) is 10.8 Å². The lowest BCUT2D eigenvalue weighted by Gasteiger charge is -2.41. The summed E-state index contributed by atoms with van der Waals surface area (Å²) < 4.78 is 3.98. The molecule has 0 amide bonds. The van der Waals surface area contributed by atoms with Gasteiger partial charge < -0.3 is 9.64 Å². The number of nitrogens with zero attached hydrogens (tertiary/aromatic N) is 3. The van der Waals surface area contributed by atoms with Crippen LogP contribution in [0.15, 0.2) is 70.3 Å². The fourth-order valence-electron chi connectivity index (χ4n) is 3.37. The first kappa shape index (κ1) is 20.8. The van der Waals surface area contributed by atoms with E-state index in [0.29, 0.717) is 15.6 Å². The molecule has 2 aromatic rings. The van der Waals surface area contributed by atoms with E-state index in [1.807, 2.05) is 54.3 Å². The average molecular weight is 460 g/mol. The smallest absolute Gasteiger partial charge is 0.365 e. The van der Waals surface area contributed by atoms with Gasteiger partial charge in [-0.2, -0.15) is 5.10 Å². The van der Waals surface area contributed by atoms with E-state index < -0.39 is 10.3 Å². The van der Waals surface area contributed by atoms with Gasteiger partial charge in [-0.05, 0) is 55.9 Å². The number of hydrazone groups is 1. The van der Waals surface area contributed by atoms with Crippen molar-refractivity contribution in [2.45, 2.75) is 18.2 Å². The topological polar surface area (TPSA) is 62.2 Å². The molecule has 6 nitrogen and oxygen atoms in total. The van der Waals surface area contributed by atoms with Crippen molar-refractivity contribution in [1.29, 1.82) is 0 Å². The highest BCUT2D eigenvalue weighted by atomic mass is 35.5. The Morgan fingerprint density at radius 1 is 1.07 bits per heavy atom. The summed E-state index contributed by atoms with van der Waals surface area (Å²) in [6.07, 6.45) is 0. The highest BCUT2D eigenvalue weighted by molar-refractivity contribution is 8.29. The van der Waals surface area contributed by atoms with E-state index in [4.69, 9.17) is 16.3 Å². The van der Waals surface area contributed by atoms with Crippen molar-refractivity contribution < 1.29 is 14.3 Å². The summed E-state index contributed by atoms with van der Waals surface area (Å²) in [5.74, 6) is -0.583. The van der Waals surface area contributed by atoms with Crippen LogP contribution in [0.5, 0.6) is 0 Å². The van der Waals surface area contributed by atoms with E-state index in [2.05, 4.69) is 5.10 Å². The monoisotopic (exact) mass is 459 g/mol. The Labute approximate surface area is 187 Å². The largest absolute Gasteiger partial charge is 0.464 e. The maximum atomic E-state index is 12.5. The van der Waals surface area contributed by atoms with Gasteiger partial charge in [-0.25, -0.2) is 9.80 Å². The van der Waals surface area contributed by atoms with Crippen molar-refractivity contribution in [3.05, 3.63) is 70.2 Å². The quantitative estimate of drug-likeness (QED) is 0.592. The number of hydrogen-bond donors (Lipinski definition) is 0. The third-order valence-electron chi connectivity index (χ3n) is 4.62. The van der Waals surface area contributed by atoms with Gasteiger partial charge in [0.05, 0.1) is 17.7 Å². The van der Waals surface area contributed by atoms with E-state index >= 15 is 0 Å². The Morgan fingerprint density at radius 2 is 1.77 bits per heavy atom. The van der Waals surface area contributed by atoms with Gasteiger partial charge in [0.15, 0.2) is 5.78 Å². The molecule has 0 saturated carbocycles. The molecule has 0 N–H and O–H groups in total. The Balaban J connectivity index is 1.92. The van der Waals surface area contributed by atoms with Crippen LogP contribution in [0.25, 0.3) is 0 Å². The summed E-state index contributed by atoms with van der Waals surface area (Å²) in [7, 11) is 1.32. The molecule has 0 aromatic heterocycles. The van der Waals surface area contributed by atoms with Crippen molar-refractivity contribution in [3.8, 4) is 0 Å². The van der Waals surface area contributed by atoms with Crippen molar-refractivity contribution in [2.24, 2.45) is 5.10 Å². The molecule has 154 valence electrons. The molecule has 1 atom stereocenters. The minimum atomic E-state index is -0.958. The lowest BCUT2D eigenvalue weighted by molar-refractivity contribution is -0.132. The van der Waals surface area contributed by atoms with Crippen molar-refractivity contribution >= 4 is 63.3 Å². The normalized spacial score (nSPS) is 20.7. The Kier molecular flexibility index (Phi) is 5.57. The molecule has 9 heteroatoms. The maximum Gasteiger partial charge on any atom is 0.365 e. The Morgan fingerprint density at radius 3 is 2.40 bits per heavy atom. The third-order valence-corrected chi connectivity index (χ3v) is 7.82. The zero-order valence-corrected chi connectivity index (χ0v) is 18.8. The molecule has 4 rings (SSSR count). The van der Waals surface area contributed by atoms with E-state index in [1.54, 1.807) is 24.1 Å². The number of methoxy groups -OCH3 is 1. The van der Waals surface area contributed by atoms with Crippen LogP contribution in [-0.2, 0) is 14.3 Å². The van der Waals surface area contributed by atoms with Crippen LogP contribution in [0.1, 0.15) is 13.8 Å². The van der Waals surface area contributed by atoms with Gasteiger partial charge in [-0.3, -0.25) is 4.79 Å². The summed E-state index contributed by atoms with van der Waals surface area (Å²) in [6, 6.07) is 16.9. The van der Waals surface area contributed by atoms with Crippen molar-refractivity contribution in [2.75, 3.05) is 17.0 Å². The fourth-order valence-corrected chi connectivity index (χ4v) is 6.53. The van der Waals surface area contributed by atoms with Crippen molar-refractivity contribution in [3.63, 3.8) is 0 Å². The maximum absolute atomic E-state index is 12.5. The lowest BCUT2D eigenvalue weighted by Crippen LogP contribution is -2.49. The number of anilines is 2. The van der Waals surface area contributed by atoms with Gasteiger partial charge in [0, 0.05) is 16.4 Å². The number of Topliss-reactive ketones (excluding diaryl/α,β-unsaturated/α-hetero) is 1. The number of benzene rings is 2. The molecular formula is C21H18ClN3O3S2. The lowest BCUT2D eigenvalue weighted by atomic mass is 10.2. The SMILES string of the molecule is COC(=O)C1=NN(c2cccc(Cl)c2)[C@]2(S1)SC(C(C)=O)=C(C)N2c1ccccc1. The molecule has 30 heavy (non-hydrogen) atoms. The molecule has 2 aliphatic rings. The number of esters is 1. The minimum Gasteiger partial charge on any atom is -0.464 e. The van der Waals surface area contributed by atoms with E-state index in [0.717, 1.165) is 11.4 Å². The molecule has 1 spiro atoms. The molecule has 0 aliphatic carbocycles. The molecule has 0 saturated heterocycles. The first-order chi connectivity index (χ1) is 14.4.